The van der Waals surface area contributed by atoms with E-state index in [0.29, 0.717) is 19.6 Å². The molecule has 2 rings (SSSR count). The fourth-order valence-electron chi connectivity index (χ4n) is 2.10. The standard InChI is InChI=1S/C15H20N2O2/c1-11-9-15(16-8-7-12(18)10-19-2)13-5-3-4-6-14(13)17-11/h3-6,9,12,18H,7-8,10H2,1-2H3,(H,16,17). The van der Waals surface area contributed by atoms with Crippen LogP contribution >= 0.6 is 0 Å². The lowest BCUT2D eigenvalue weighted by molar-refractivity contribution is 0.0615. The average molecular weight is 260 g/mol. The van der Waals surface area contributed by atoms with E-state index in [1.165, 1.54) is 0 Å². The number of fused-ring (bicyclic) bond motifs is 1. The Morgan fingerprint density at radius 2 is 2.16 bits per heavy atom. The van der Waals surface area contributed by atoms with Crippen molar-refractivity contribution < 1.29 is 9.84 Å². The van der Waals surface area contributed by atoms with Gasteiger partial charge in [-0.1, -0.05) is 18.2 Å². The van der Waals surface area contributed by atoms with Crippen LogP contribution in [0.1, 0.15) is 12.1 Å². The van der Waals surface area contributed by atoms with Gasteiger partial charge in [-0.15, -0.1) is 0 Å². The Labute approximate surface area is 113 Å². The van der Waals surface area contributed by atoms with Gasteiger partial charge in [0.05, 0.1) is 18.2 Å². The van der Waals surface area contributed by atoms with Crippen LogP contribution in [0.25, 0.3) is 10.9 Å². The number of rotatable bonds is 6. The predicted molar refractivity (Wildman–Crippen MR) is 77.5 cm³/mol. The second kappa shape index (κ2) is 6.50. The molecule has 19 heavy (non-hydrogen) atoms. The molecule has 102 valence electrons. The van der Waals surface area contributed by atoms with Gasteiger partial charge in [-0.2, -0.15) is 0 Å². The van der Waals surface area contributed by atoms with Crippen LogP contribution in [0.2, 0.25) is 0 Å². The molecule has 2 aromatic rings. The zero-order valence-electron chi connectivity index (χ0n) is 11.4. The number of aromatic nitrogens is 1. The molecule has 0 aliphatic carbocycles. The van der Waals surface area contributed by atoms with Gasteiger partial charge < -0.3 is 15.2 Å². The molecule has 4 heteroatoms. The molecule has 0 aliphatic rings. The molecule has 0 radical (unpaired) electrons. The van der Waals surface area contributed by atoms with E-state index in [0.717, 1.165) is 22.3 Å². The highest BCUT2D eigenvalue weighted by Crippen LogP contribution is 2.22. The fraction of sp³-hybridized carbons (Fsp3) is 0.400. The number of anilines is 1. The van der Waals surface area contributed by atoms with Crippen molar-refractivity contribution in [2.75, 3.05) is 25.6 Å². The van der Waals surface area contributed by atoms with Crippen molar-refractivity contribution in [3.05, 3.63) is 36.0 Å². The molecule has 1 unspecified atom stereocenters. The topological polar surface area (TPSA) is 54.4 Å². The summed E-state index contributed by atoms with van der Waals surface area (Å²) in [6.45, 7) is 3.06. The average Bonchev–Trinajstić information content (AvgIpc) is 2.38. The van der Waals surface area contributed by atoms with E-state index in [2.05, 4.69) is 16.4 Å². The van der Waals surface area contributed by atoms with Crippen molar-refractivity contribution in [3.63, 3.8) is 0 Å². The highest BCUT2D eigenvalue weighted by atomic mass is 16.5. The number of hydrogen-bond donors (Lipinski definition) is 2. The van der Waals surface area contributed by atoms with Gasteiger partial charge >= 0.3 is 0 Å². The molecule has 0 aliphatic heterocycles. The smallest absolute Gasteiger partial charge is 0.0790 e. The van der Waals surface area contributed by atoms with Gasteiger partial charge in [0.25, 0.3) is 0 Å². The summed E-state index contributed by atoms with van der Waals surface area (Å²) in [6.07, 6.45) is 0.232. The van der Waals surface area contributed by atoms with Gasteiger partial charge in [0.1, 0.15) is 0 Å². The molecule has 0 fully saturated rings. The minimum Gasteiger partial charge on any atom is -0.391 e. The number of hydrogen-bond acceptors (Lipinski definition) is 4. The second-order valence-electron chi connectivity index (χ2n) is 4.65. The molecule has 1 aromatic carbocycles. The quantitative estimate of drug-likeness (QED) is 0.837. The lowest BCUT2D eigenvalue weighted by Gasteiger charge is -2.13. The zero-order valence-corrected chi connectivity index (χ0v) is 11.4. The summed E-state index contributed by atoms with van der Waals surface area (Å²) in [5.41, 5.74) is 3.04. The first-order valence-electron chi connectivity index (χ1n) is 6.48. The highest BCUT2D eigenvalue weighted by Gasteiger charge is 2.05. The number of nitrogens with one attached hydrogen (secondary N) is 1. The third-order valence-electron chi connectivity index (χ3n) is 3.00. The van der Waals surface area contributed by atoms with Crippen LogP contribution < -0.4 is 5.32 Å². The van der Waals surface area contributed by atoms with E-state index >= 15 is 0 Å². The van der Waals surface area contributed by atoms with E-state index < -0.39 is 6.10 Å². The maximum Gasteiger partial charge on any atom is 0.0790 e. The van der Waals surface area contributed by atoms with Crippen LogP contribution in [0, 0.1) is 6.92 Å². The number of aliphatic hydroxyl groups is 1. The number of aliphatic hydroxyl groups excluding tert-OH is 1. The van der Waals surface area contributed by atoms with Crippen LogP contribution in [0.5, 0.6) is 0 Å². The summed E-state index contributed by atoms with van der Waals surface area (Å²) < 4.78 is 4.91. The van der Waals surface area contributed by atoms with Crippen molar-refractivity contribution in [2.45, 2.75) is 19.4 Å². The summed E-state index contributed by atoms with van der Waals surface area (Å²) in [7, 11) is 1.59. The van der Waals surface area contributed by atoms with Crippen molar-refractivity contribution >= 4 is 16.6 Å². The number of ether oxygens (including phenoxy) is 1. The normalized spacial score (nSPS) is 12.6. The van der Waals surface area contributed by atoms with Crippen LogP contribution in [0.3, 0.4) is 0 Å². The molecular weight excluding hydrogens is 240 g/mol. The largest absolute Gasteiger partial charge is 0.391 e. The van der Waals surface area contributed by atoms with Crippen LogP contribution in [0.4, 0.5) is 5.69 Å². The number of benzene rings is 1. The van der Waals surface area contributed by atoms with E-state index in [4.69, 9.17) is 4.74 Å². The molecule has 0 spiro atoms. The van der Waals surface area contributed by atoms with Crippen molar-refractivity contribution in [2.24, 2.45) is 0 Å². The molecule has 4 nitrogen and oxygen atoms in total. The Hall–Kier alpha value is -1.65. The van der Waals surface area contributed by atoms with E-state index in [1.54, 1.807) is 7.11 Å². The zero-order chi connectivity index (χ0) is 13.7. The van der Waals surface area contributed by atoms with E-state index in [9.17, 15) is 5.11 Å². The van der Waals surface area contributed by atoms with Crippen LogP contribution in [-0.4, -0.2) is 36.5 Å². The van der Waals surface area contributed by atoms with Gasteiger partial charge in [-0.25, -0.2) is 0 Å². The number of pyridine rings is 1. The van der Waals surface area contributed by atoms with Gasteiger partial charge in [-0.05, 0) is 25.5 Å². The molecule has 0 saturated carbocycles. The molecule has 1 aromatic heterocycles. The number of aryl methyl sites for hydroxylation is 1. The third kappa shape index (κ3) is 3.66. The van der Waals surface area contributed by atoms with E-state index in [-0.39, 0.29) is 0 Å². The van der Waals surface area contributed by atoms with Crippen LogP contribution in [0.15, 0.2) is 30.3 Å². The fourth-order valence-corrected chi connectivity index (χ4v) is 2.10. The number of para-hydroxylation sites is 1. The summed E-state index contributed by atoms with van der Waals surface area (Å²) in [5.74, 6) is 0. The molecule has 0 amide bonds. The summed E-state index contributed by atoms with van der Waals surface area (Å²) in [5, 5.41) is 14.1. The minimum absolute atomic E-state index is 0.373. The first kappa shape index (κ1) is 13.8. The lowest BCUT2D eigenvalue weighted by Crippen LogP contribution is -2.18. The Balaban J connectivity index is 2.08. The molecule has 0 saturated heterocycles. The van der Waals surface area contributed by atoms with E-state index in [1.807, 2.05) is 31.2 Å². The van der Waals surface area contributed by atoms with Gasteiger partial charge in [-0.3, -0.25) is 4.98 Å². The van der Waals surface area contributed by atoms with Gasteiger partial charge in [0.2, 0.25) is 0 Å². The Bertz CT molecular complexity index is 543. The second-order valence-corrected chi connectivity index (χ2v) is 4.65. The monoisotopic (exact) mass is 260 g/mol. The van der Waals surface area contributed by atoms with Gasteiger partial charge in [0, 0.05) is 30.4 Å². The molecular formula is C15H20N2O2. The number of nitrogens with zero attached hydrogens (tertiary/aromatic N) is 1. The van der Waals surface area contributed by atoms with Crippen LogP contribution in [-0.2, 0) is 4.74 Å². The maximum atomic E-state index is 9.62. The third-order valence-corrected chi connectivity index (χ3v) is 3.00. The minimum atomic E-state index is -0.424. The first-order chi connectivity index (χ1) is 9.20. The lowest BCUT2D eigenvalue weighted by atomic mass is 10.1. The number of methoxy groups -OCH3 is 1. The van der Waals surface area contributed by atoms with Crippen molar-refractivity contribution in [1.29, 1.82) is 0 Å². The summed E-state index contributed by atoms with van der Waals surface area (Å²) in [6, 6.07) is 10.1. The van der Waals surface area contributed by atoms with Gasteiger partial charge in [0.15, 0.2) is 0 Å². The Morgan fingerprint density at radius 1 is 1.37 bits per heavy atom. The Morgan fingerprint density at radius 3 is 2.95 bits per heavy atom. The maximum absolute atomic E-state index is 9.62. The molecule has 2 N–H and O–H groups in total. The summed E-state index contributed by atoms with van der Waals surface area (Å²) >= 11 is 0. The molecule has 1 heterocycles. The first-order valence-corrected chi connectivity index (χ1v) is 6.48. The molecule has 1 atom stereocenters. The summed E-state index contributed by atoms with van der Waals surface area (Å²) in [4.78, 5) is 4.50. The van der Waals surface area contributed by atoms with Crippen molar-refractivity contribution in [3.8, 4) is 0 Å². The highest BCUT2D eigenvalue weighted by molar-refractivity contribution is 5.91. The Kier molecular flexibility index (Phi) is 4.71. The molecule has 0 bridgehead atoms. The predicted octanol–water partition coefficient (Wildman–Crippen LogP) is 2.35. The van der Waals surface area contributed by atoms with Crippen molar-refractivity contribution in [1.82, 2.24) is 4.98 Å². The SMILES string of the molecule is COCC(O)CCNc1cc(C)nc2ccccc12.